The molecule has 0 unspecified atom stereocenters. The standard InChI is InChI=1S/C15H15BrN2O4S/c1-17(10-12-2-6-14(16)7-3-12)23(21,22)11-13-4-8-15(9-5-13)18(19)20/h2-9H,10-11H2,1H3. The molecule has 0 aliphatic carbocycles. The lowest BCUT2D eigenvalue weighted by molar-refractivity contribution is -0.384. The summed E-state index contributed by atoms with van der Waals surface area (Å²) in [7, 11) is -1.99. The second-order valence-electron chi connectivity index (χ2n) is 5.06. The van der Waals surface area contributed by atoms with Gasteiger partial charge in [-0.3, -0.25) is 10.1 Å². The second-order valence-corrected chi connectivity index (χ2v) is 8.05. The molecule has 0 aliphatic heterocycles. The van der Waals surface area contributed by atoms with E-state index in [0.29, 0.717) is 5.56 Å². The van der Waals surface area contributed by atoms with Crippen LogP contribution in [0.1, 0.15) is 11.1 Å². The Kier molecular flexibility index (Phi) is 5.51. The predicted octanol–water partition coefficient (Wildman–Crippen LogP) is 3.32. The summed E-state index contributed by atoms with van der Waals surface area (Å²) in [6.07, 6.45) is 0. The van der Waals surface area contributed by atoms with Crippen LogP contribution in [0.5, 0.6) is 0 Å². The third kappa shape index (κ3) is 4.85. The Labute approximate surface area is 143 Å². The van der Waals surface area contributed by atoms with Crippen molar-refractivity contribution in [2.75, 3.05) is 7.05 Å². The summed E-state index contributed by atoms with van der Waals surface area (Å²) in [6.45, 7) is 0.266. The quantitative estimate of drug-likeness (QED) is 0.551. The van der Waals surface area contributed by atoms with Crippen LogP contribution in [0.4, 0.5) is 5.69 Å². The minimum Gasteiger partial charge on any atom is -0.258 e. The molecule has 2 rings (SSSR count). The molecule has 0 heterocycles. The van der Waals surface area contributed by atoms with Gasteiger partial charge in [0.1, 0.15) is 0 Å². The highest BCUT2D eigenvalue weighted by Crippen LogP contribution is 2.17. The Morgan fingerprint density at radius 1 is 1.04 bits per heavy atom. The number of nitrogens with zero attached hydrogens (tertiary/aromatic N) is 2. The molecule has 0 atom stereocenters. The zero-order valence-electron chi connectivity index (χ0n) is 12.3. The molecule has 2 aromatic carbocycles. The van der Waals surface area contributed by atoms with Crippen molar-refractivity contribution in [3.05, 3.63) is 74.2 Å². The van der Waals surface area contributed by atoms with Crippen molar-refractivity contribution in [1.82, 2.24) is 4.31 Å². The maximum Gasteiger partial charge on any atom is 0.269 e. The third-order valence-corrected chi connectivity index (χ3v) is 5.60. The Balaban J connectivity index is 2.08. The number of hydrogen-bond acceptors (Lipinski definition) is 4. The summed E-state index contributed by atoms with van der Waals surface area (Å²) in [5.41, 5.74) is 1.33. The summed E-state index contributed by atoms with van der Waals surface area (Å²) in [5.74, 6) is -0.196. The number of benzene rings is 2. The molecule has 8 heteroatoms. The van der Waals surface area contributed by atoms with E-state index in [1.54, 1.807) is 0 Å². The Morgan fingerprint density at radius 2 is 1.57 bits per heavy atom. The Morgan fingerprint density at radius 3 is 2.09 bits per heavy atom. The van der Waals surface area contributed by atoms with E-state index < -0.39 is 14.9 Å². The molecule has 0 saturated heterocycles. The molecule has 0 aliphatic rings. The van der Waals surface area contributed by atoms with Crippen LogP contribution >= 0.6 is 15.9 Å². The fraction of sp³-hybridized carbons (Fsp3) is 0.200. The van der Waals surface area contributed by atoms with Crippen LogP contribution in [0.2, 0.25) is 0 Å². The van der Waals surface area contributed by atoms with Crippen molar-refractivity contribution in [3.8, 4) is 0 Å². The van der Waals surface area contributed by atoms with Crippen molar-refractivity contribution >= 4 is 31.6 Å². The van der Waals surface area contributed by atoms with Crippen molar-refractivity contribution in [3.63, 3.8) is 0 Å². The molecule has 6 nitrogen and oxygen atoms in total. The van der Waals surface area contributed by atoms with E-state index in [1.807, 2.05) is 24.3 Å². The lowest BCUT2D eigenvalue weighted by atomic mass is 10.2. The van der Waals surface area contributed by atoms with Gasteiger partial charge in [0.05, 0.1) is 10.7 Å². The number of rotatable bonds is 6. The lowest BCUT2D eigenvalue weighted by Crippen LogP contribution is -2.27. The lowest BCUT2D eigenvalue weighted by Gasteiger charge is -2.17. The normalized spacial score (nSPS) is 11.6. The first-order valence-electron chi connectivity index (χ1n) is 6.70. The number of halogens is 1. The molecule has 2 aromatic rings. The minimum absolute atomic E-state index is 0.0608. The first-order chi connectivity index (χ1) is 10.8. The first kappa shape index (κ1) is 17.6. The van der Waals surface area contributed by atoms with E-state index in [2.05, 4.69) is 15.9 Å². The largest absolute Gasteiger partial charge is 0.269 e. The Bertz CT molecular complexity index is 789. The smallest absolute Gasteiger partial charge is 0.258 e. The van der Waals surface area contributed by atoms with E-state index in [-0.39, 0.29) is 18.0 Å². The average molecular weight is 399 g/mol. The zero-order chi connectivity index (χ0) is 17.0. The van der Waals surface area contributed by atoms with Crippen LogP contribution in [0.3, 0.4) is 0 Å². The fourth-order valence-electron chi connectivity index (χ4n) is 1.98. The van der Waals surface area contributed by atoms with Crippen LogP contribution in [0.25, 0.3) is 0 Å². The average Bonchev–Trinajstić information content (AvgIpc) is 2.49. The molecule has 0 fully saturated rings. The van der Waals surface area contributed by atoms with Crippen LogP contribution in [0.15, 0.2) is 53.0 Å². The number of nitro groups is 1. The van der Waals surface area contributed by atoms with E-state index in [1.165, 1.54) is 35.6 Å². The molecule has 23 heavy (non-hydrogen) atoms. The molecule has 0 bridgehead atoms. The molecule has 122 valence electrons. The predicted molar refractivity (Wildman–Crippen MR) is 91.3 cm³/mol. The second kappa shape index (κ2) is 7.20. The van der Waals surface area contributed by atoms with Crippen molar-refractivity contribution in [1.29, 1.82) is 0 Å². The summed E-state index contributed by atoms with van der Waals surface area (Å²) in [4.78, 5) is 10.1. The van der Waals surface area contributed by atoms with Crippen molar-refractivity contribution in [2.45, 2.75) is 12.3 Å². The number of nitro benzene ring substituents is 1. The van der Waals surface area contributed by atoms with Gasteiger partial charge in [-0.15, -0.1) is 0 Å². The number of sulfonamides is 1. The maximum atomic E-state index is 12.4. The maximum absolute atomic E-state index is 12.4. The molecule has 0 aromatic heterocycles. The van der Waals surface area contributed by atoms with Crippen molar-refractivity contribution in [2.24, 2.45) is 0 Å². The summed E-state index contributed by atoms with van der Waals surface area (Å²) in [6, 6.07) is 12.9. The van der Waals surface area contributed by atoms with E-state index in [0.717, 1.165) is 10.0 Å². The van der Waals surface area contributed by atoms with Gasteiger partial charge >= 0.3 is 0 Å². The fourth-order valence-corrected chi connectivity index (χ4v) is 3.42. The molecule has 0 amide bonds. The van der Waals surface area contributed by atoms with E-state index in [4.69, 9.17) is 0 Å². The summed E-state index contributed by atoms with van der Waals surface area (Å²) >= 11 is 3.33. The summed E-state index contributed by atoms with van der Waals surface area (Å²) in [5, 5.41) is 10.6. The van der Waals surface area contributed by atoms with Crippen LogP contribution in [-0.4, -0.2) is 24.7 Å². The number of non-ortho nitro benzene ring substituents is 1. The molecule has 0 saturated carbocycles. The van der Waals surface area contributed by atoms with Gasteiger partial charge in [0.25, 0.3) is 5.69 Å². The van der Waals surface area contributed by atoms with E-state index >= 15 is 0 Å². The topological polar surface area (TPSA) is 80.5 Å². The molecular weight excluding hydrogens is 384 g/mol. The van der Waals surface area contributed by atoms with Gasteiger partial charge in [-0.2, -0.15) is 0 Å². The highest BCUT2D eigenvalue weighted by Gasteiger charge is 2.19. The van der Waals surface area contributed by atoms with Gasteiger partial charge < -0.3 is 0 Å². The van der Waals surface area contributed by atoms with E-state index in [9.17, 15) is 18.5 Å². The van der Waals surface area contributed by atoms with Gasteiger partial charge in [0.2, 0.25) is 10.0 Å². The summed E-state index contributed by atoms with van der Waals surface area (Å²) < 4.78 is 26.9. The zero-order valence-corrected chi connectivity index (χ0v) is 14.7. The first-order valence-corrected chi connectivity index (χ1v) is 9.10. The van der Waals surface area contributed by atoms with Gasteiger partial charge in [0.15, 0.2) is 0 Å². The monoisotopic (exact) mass is 398 g/mol. The van der Waals surface area contributed by atoms with Crippen LogP contribution in [-0.2, 0) is 22.3 Å². The SMILES string of the molecule is CN(Cc1ccc(Br)cc1)S(=O)(=O)Cc1ccc([N+](=O)[O-])cc1. The van der Waals surface area contributed by atoms with Crippen LogP contribution in [0, 0.1) is 10.1 Å². The van der Waals surface area contributed by atoms with Gasteiger partial charge in [-0.1, -0.05) is 40.2 Å². The molecule has 0 spiro atoms. The number of hydrogen-bond donors (Lipinski definition) is 0. The van der Waals surface area contributed by atoms with Crippen LogP contribution < -0.4 is 0 Å². The van der Waals surface area contributed by atoms with Gasteiger partial charge in [-0.05, 0) is 23.3 Å². The van der Waals surface area contributed by atoms with Gasteiger partial charge in [0, 0.05) is 30.2 Å². The Hall–Kier alpha value is -1.77. The van der Waals surface area contributed by atoms with Gasteiger partial charge in [-0.25, -0.2) is 12.7 Å². The molecular formula is C15H15BrN2O4S. The molecule has 0 radical (unpaired) electrons. The third-order valence-electron chi connectivity index (χ3n) is 3.29. The highest BCUT2D eigenvalue weighted by molar-refractivity contribution is 9.10. The minimum atomic E-state index is -3.50. The highest BCUT2D eigenvalue weighted by atomic mass is 79.9. The molecule has 0 N–H and O–H groups in total. The van der Waals surface area contributed by atoms with Crippen molar-refractivity contribution < 1.29 is 13.3 Å².